The molecule has 0 aliphatic heterocycles. The normalized spacial score (nSPS) is 28.1. The van der Waals surface area contributed by atoms with Crippen molar-refractivity contribution in [3.05, 3.63) is 11.6 Å². The molecule has 0 amide bonds. The zero-order valence-corrected chi connectivity index (χ0v) is 8.24. The molecule has 2 nitrogen and oxygen atoms in total. The first-order valence-electron chi connectivity index (χ1n) is 4.12. The van der Waals surface area contributed by atoms with E-state index in [4.69, 9.17) is 11.6 Å². The fourth-order valence-corrected chi connectivity index (χ4v) is 2.41. The summed E-state index contributed by atoms with van der Waals surface area (Å²) in [5.41, 5.74) is 0. The molecule has 0 saturated heterocycles. The van der Waals surface area contributed by atoms with Gasteiger partial charge < -0.3 is 5.32 Å². The van der Waals surface area contributed by atoms with Gasteiger partial charge in [0.05, 0.1) is 0 Å². The second-order valence-corrected chi connectivity index (χ2v) is 4.66. The molecule has 0 atom stereocenters. The van der Waals surface area contributed by atoms with E-state index in [1.54, 1.807) is 11.3 Å². The van der Waals surface area contributed by atoms with Crippen molar-refractivity contribution in [2.75, 3.05) is 11.9 Å². The highest BCUT2D eigenvalue weighted by Crippen LogP contribution is 2.31. The molecular formula is C8H11ClN2S. The topological polar surface area (TPSA) is 24.9 Å². The van der Waals surface area contributed by atoms with E-state index in [9.17, 15) is 0 Å². The second-order valence-electron chi connectivity index (χ2n) is 3.15. The summed E-state index contributed by atoms with van der Waals surface area (Å²) in [5.74, 6) is 0.761. The van der Waals surface area contributed by atoms with Gasteiger partial charge in [0.2, 0.25) is 0 Å². The van der Waals surface area contributed by atoms with E-state index in [1.807, 2.05) is 11.6 Å². The lowest BCUT2D eigenvalue weighted by molar-refractivity contribution is 0.341. The molecule has 0 spiro atoms. The Kier molecular flexibility index (Phi) is 2.51. The monoisotopic (exact) mass is 202 g/mol. The molecule has 12 heavy (non-hydrogen) atoms. The number of anilines is 1. The van der Waals surface area contributed by atoms with E-state index in [-0.39, 0.29) is 0 Å². The molecule has 1 aliphatic carbocycles. The predicted molar refractivity (Wildman–Crippen MR) is 53.0 cm³/mol. The average molecular weight is 203 g/mol. The van der Waals surface area contributed by atoms with Gasteiger partial charge in [0.1, 0.15) is 0 Å². The van der Waals surface area contributed by atoms with Gasteiger partial charge in [-0.15, -0.1) is 22.9 Å². The summed E-state index contributed by atoms with van der Waals surface area (Å²) >= 11 is 7.51. The number of aromatic nitrogens is 1. The van der Waals surface area contributed by atoms with E-state index < -0.39 is 0 Å². The van der Waals surface area contributed by atoms with E-state index in [0.29, 0.717) is 5.38 Å². The van der Waals surface area contributed by atoms with E-state index >= 15 is 0 Å². The van der Waals surface area contributed by atoms with Gasteiger partial charge in [-0.2, -0.15) is 0 Å². The number of alkyl halides is 1. The smallest absolute Gasteiger partial charge is 0.182 e. The van der Waals surface area contributed by atoms with Crippen LogP contribution in [0.4, 0.5) is 5.13 Å². The Balaban J connectivity index is 1.70. The summed E-state index contributed by atoms with van der Waals surface area (Å²) in [6.45, 7) is 1.02. The Labute approximate surface area is 81.0 Å². The fourth-order valence-electron chi connectivity index (χ4n) is 1.36. The number of hydrogen-bond donors (Lipinski definition) is 1. The highest BCUT2D eigenvalue weighted by atomic mass is 35.5. The second kappa shape index (κ2) is 3.62. The van der Waals surface area contributed by atoms with Crippen molar-refractivity contribution >= 4 is 28.1 Å². The maximum Gasteiger partial charge on any atom is 0.182 e. The van der Waals surface area contributed by atoms with Crippen LogP contribution in [0.15, 0.2) is 11.6 Å². The summed E-state index contributed by atoms with van der Waals surface area (Å²) in [6.07, 6.45) is 4.12. The molecule has 0 bridgehead atoms. The molecule has 1 aromatic heterocycles. The van der Waals surface area contributed by atoms with Crippen molar-refractivity contribution in [3.8, 4) is 0 Å². The maximum absolute atomic E-state index is 5.86. The lowest BCUT2D eigenvalue weighted by Gasteiger charge is -2.30. The Hall–Kier alpha value is -0.280. The van der Waals surface area contributed by atoms with Gasteiger partial charge in [0, 0.05) is 23.5 Å². The predicted octanol–water partition coefficient (Wildman–Crippen LogP) is 2.57. The van der Waals surface area contributed by atoms with Crippen LogP contribution in [0, 0.1) is 5.92 Å². The third-order valence-electron chi connectivity index (χ3n) is 2.15. The molecule has 1 fully saturated rings. The molecule has 1 N–H and O–H groups in total. The largest absolute Gasteiger partial charge is 0.361 e. The van der Waals surface area contributed by atoms with E-state index in [2.05, 4.69) is 10.3 Å². The van der Waals surface area contributed by atoms with Crippen LogP contribution < -0.4 is 5.32 Å². The summed E-state index contributed by atoms with van der Waals surface area (Å²) in [4.78, 5) is 4.14. The third kappa shape index (κ3) is 1.90. The van der Waals surface area contributed by atoms with Crippen molar-refractivity contribution in [3.63, 3.8) is 0 Å². The number of thiazole rings is 1. The quantitative estimate of drug-likeness (QED) is 0.763. The molecule has 66 valence electrons. The lowest BCUT2D eigenvalue weighted by atomic mass is 9.85. The van der Waals surface area contributed by atoms with Crippen molar-refractivity contribution < 1.29 is 0 Å². The van der Waals surface area contributed by atoms with Crippen LogP contribution in [0.25, 0.3) is 0 Å². The summed E-state index contributed by atoms with van der Waals surface area (Å²) in [7, 11) is 0. The van der Waals surface area contributed by atoms with Gasteiger partial charge in [-0.1, -0.05) is 0 Å². The van der Waals surface area contributed by atoms with Crippen molar-refractivity contribution in [2.24, 2.45) is 5.92 Å². The summed E-state index contributed by atoms with van der Waals surface area (Å²) < 4.78 is 0. The van der Waals surface area contributed by atoms with Crippen molar-refractivity contribution in [1.82, 2.24) is 4.98 Å². The Bertz CT molecular complexity index is 231. The van der Waals surface area contributed by atoms with Crippen LogP contribution in [-0.4, -0.2) is 16.9 Å². The third-order valence-corrected chi connectivity index (χ3v) is 3.24. The van der Waals surface area contributed by atoms with Gasteiger partial charge in [-0.3, -0.25) is 0 Å². The molecule has 2 rings (SSSR count). The van der Waals surface area contributed by atoms with Gasteiger partial charge in [-0.05, 0) is 18.8 Å². The molecule has 0 radical (unpaired) electrons. The lowest BCUT2D eigenvalue weighted by Crippen LogP contribution is -2.29. The van der Waals surface area contributed by atoms with Crippen LogP contribution >= 0.6 is 22.9 Å². The first-order chi connectivity index (χ1) is 5.84. The van der Waals surface area contributed by atoms with Crippen LogP contribution in [0.2, 0.25) is 0 Å². The van der Waals surface area contributed by atoms with Crippen LogP contribution in [0.5, 0.6) is 0 Å². The van der Waals surface area contributed by atoms with Crippen LogP contribution in [0.3, 0.4) is 0 Å². The molecule has 1 aromatic rings. The molecular weight excluding hydrogens is 192 g/mol. The first kappa shape index (κ1) is 8.32. The molecule has 0 unspecified atom stereocenters. The molecule has 1 saturated carbocycles. The van der Waals surface area contributed by atoms with E-state index in [1.165, 1.54) is 0 Å². The van der Waals surface area contributed by atoms with Gasteiger partial charge in [0.25, 0.3) is 0 Å². The zero-order chi connectivity index (χ0) is 8.39. The first-order valence-corrected chi connectivity index (χ1v) is 5.43. The standard InChI is InChI=1S/C8H11ClN2S/c9-7-3-6(4-7)5-11-8-10-1-2-12-8/h1-2,6-7H,3-5H2,(H,10,11). The number of halogens is 1. The SMILES string of the molecule is ClC1CC(CNc2nccs2)C1. The summed E-state index contributed by atoms with van der Waals surface area (Å²) in [5, 5.41) is 6.72. The molecule has 4 heteroatoms. The Morgan fingerprint density at radius 2 is 2.50 bits per heavy atom. The van der Waals surface area contributed by atoms with E-state index in [0.717, 1.165) is 30.4 Å². The number of hydrogen-bond acceptors (Lipinski definition) is 3. The number of nitrogens with zero attached hydrogens (tertiary/aromatic N) is 1. The van der Waals surface area contributed by atoms with Crippen LogP contribution in [0.1, 0.15) is 12.8 Å². The number of rotatable bonds is 3. The highest BCUT2D eigenvalue weighted by molar-refractivity contribution is 7.13. The van der Waals surface area contributed by atoms with Gasteiger partial charge in [0.15, 0.2) is 5.13 Å². The zero-order valence-electron chi connectivity index (χ0n) is 6.66. The average Bonchev–Trinajstić information content (AvgIpc) is 2.47. The minimum atomic E-state index is 0.424. The molecule has 1 heterocycles. The minimum Gasteiger partial charge on any atom is -0.361 e. The summed E-state index contributed by atoms with van der Waals surface area (Å²) in [6, 6.07) is 0. The molecule has 0 aromatic carbocycles. The Morgan fingerprint density at radius 3 is 3.08 bits per heavy atom. The maximum atomic E-state index is 5.86. The minimum absolute atomic E-state index is 0.424. The van der Waals surface area contributed by atoms with Crippen molar-refractivity contribution in [2.45, 2.75) is 18.2 Å². The van der Waals surface area contributed by atoms with Gasteiger partial charge in [-0.25, -0.2) is 4.98 Å². The fraction of sp³-hybridized carbons (Fsp3) is 0.625. The molecule has 1 aliphatic rings. The van der Waals surface area contributed by atoms with Gasteiger partial charge >= 0.3 is 0 Å². The van der Waals surface area contributed by atoms with Crippen LogP contribution in [-0.2, 0) is 0 Å². The number of nitrogens with one attached hydrogen (secondary N) is 1. The van der Waals surface area contributed by atoms with Crippen molar-refractivity contribution in [1.29, 1.82) is 0 Å². The highest BCUT2D eigenvalue weighted by Gasteiger charge is 2.26. The Morgan fingerprint density at radius 1 is 1.67 bits per heavy atom.